The van der Waals surface area contributed by atoms with Gasteiger partial charge in [0.2, 0.25) is 0 Å². The molecule has 0 aromatic carbocycles. The number of rotatable bonds is 2. The van der Waals surface area contributed by atoms with Gasteiger partial charge >= 0.3 is 0 Å². The van der Waals surface area contributed by atoms with Gasteiger partial charge in [0.15, 0.2) is 5.03 Å². The molecular formula is C9H15N3O2S. The van der Waals surface area contributed by atoms with Gasteiger partial charge in [0.25, 0.3) is 10.0 Å². The molecule has 0 spiro atoms. The van der Waals surface area contributed by atoms with Crippen molar-refractivity contribution in [3.63, 3.8) is 0 Å². The molecule has 0 amide bonds. The SMILES string of the molecule is CCc1nc(S(N)(=O)=O)c2n1CCCC2. The Bertz CT molecular complexity index is 476. The number of nitrogens with two attached hydrogens (primary N) is 1. The summed E-state index contributed by atoms with van der Waals surface area (Å²) in [5.41, 5.74) is 0.792. The molecule has 0 radical (unpaired) electrons. The molecule has 0 unspecified atom stereocenters. The number of aryl methyl sites for hydroxylation is 1. The van der Waals surface area contributed by atoms with E-state index in [4.69, 9.17) is 5.14 Å². The second-order valence-electron chi connectivity index (χ2n) is 3.79. The van der Waals surface area contributed by atoms with Gasteiger partial charge in [0.1, 0.15) is 5.82 Å². The minimum atomic E-state index is -3.67. The van der Waals surface area contributed by atoms with Crippen LogP contribution in [0.3, 0.4) is 0 Å². The second-order valence-corrected chi connectivity index (χ2v) is 5.26. The molecule has 2 heterocycles. The number of hydrogen-bond acceptors (Lipinski definition) is 3. The van der Waals surface area contributed by atoms with Gasteiger partial charge in [-0.2, -0.15) is 0 Å². The molecule has 2 N–H and O–H groups in total. The topological polar surface area (TPSA) is 78.0 Å². The molecule has 0 saturated carbocycles. The maximum absolute atomic E-state index is 11.3. The van der Waals surface area contributed by atoms with Crippen LogP contribution >= 0.6 is 0 Å². The van der Waals surface area contributed by atoms with Crippen LogP contribution in [0.5, 0.6) is 0 Å². The average Bonchev–Trinajstić information content (AvgIpc) is 2.55. The summed E-state index contributed by atoms with van der Waals surface area (Å²) in [5, 5.41) is 5.23. The highest BCUT2D eigenvalue weighted by molar-refractivity contribution is 7.89. The average molecular weight is 229 g/mol. The van der Waals surface area contributed by atoms with Crippen molar-refractivity contribution < 1.29 is 8.42 Å². The van der Waals surface area contributed by atoms with Crippen molar-refractivity contribution in [2.45, 2.75) is 44.2 Å². The zero-order valence-electron chi connectivity index (χ0n) is 8.73. The van der Waals surface area contributed by atoms with Gasteiger partial charge in [0, 0.05) is 13.0 Å². The number of sulfonamides is 1. The Balaban J connectivity index is 2.62. The summed E-state index contributed by atoms with van der Waals surface area (Å²) in [6.07, 6.45) is 3.60. The van der Waals surface area contributed by atoms with Crippen molar-refractivity contribution in [1.82, 2.24) is 9.55 Å². The minimum Gasteiger partial charge on any atom is -0.331 e. The molecule has 1 aromatic rings. The predicted octanol–water partition coefficient (Wildman–Crippen LogP) is 0.429. The van der Waals surface area contributed by atoms with Crippen molar-refractivity contribution in [3.05, 3.63) is 11.5 Å². The first kappa shape index (κ1) is 10.6. The summed E-state index contributed by atoms with van der Waals surface area (Å²) in [6, 6.07) is 0. The largest absolute Gasteiger partial charge is 0.331 e. The number of hydrogen-bond donors (Lipinski definition) is 1. The van der Waals surface area contributed by atoms with Crippen molar-refractivity contribution in [3.8, 4) is 0 Å². The number of primary sulfonamides is 1. The van der Waals surface area contributed by atoms with E-state index in [1.54, 1.807) is 0 Å². The third-order valence-electron chi connectivity index (χ3n) is 2.75. The normalized spacial score (nSPS) is 16.4. The fourth-order valence-corrected chi connectivity index (χ4v) is 2.85. The van der Waals surface area contributed by atoms with Crippen molar-refractivity contribution >= 4 is 10.0 Å². The lowest BCUT2D eigenvalue weighted by Gasteiger charge is -2.16. The predicted molar refractivity (Wildman–Crippen MR) is 55.9 cm³/mol. The molecule has 84 valence electrons. The number of fused-ring (bicyclic) bond motifs is 1. The number of imidazole rings is 1. The smallest absolute Gasteiger partial charge is 0.257 e. The third kappa shape index (κ3) is 1.79. The van der Waals surface area contributed by atoms with E-state index in [1.165, 1.54) is 0 Å². The fourth-order valence-electron chi connectivity index (χ4n) is 2.08. The Morgan fingerprint density at radius 3 is 2.80 bits per heavy atom. The molecule has 1 aliphatic heterocycles. The van der Waals surface area contributed by atoms with Crippen molar-refractivity contribution in [2.24, 2.45) is 5.14 Å². The molecule has 0 fully saturated rings. The van der Waals surface area contributed by atoms with Crippen LogP contribution in [0, 0.1) is 0 Å². The molecular weight excluding hydrogens is 214 g/mol. The van der Waals surface area contributed by atoms with Gasteiger partial charge in [-0.15, -0.1) is 0 Å². The van der Waals surface area contributed by atoms with Crippen LogP contribution < -0.4 is 5.14 Å². The fraction of sp³-hybridized carbons (Fsp3) is 0.667. The molecule has 0 bridgehead atoms. The first-order valence-electron chi connectivity index (χ1n) is 5.15. The van der Waals surface area contributed by atoms with Crippen LogP contribution in [0.25, 0.3) is 0 Å². The Morgan fingerprint density at radius 2 is 2.20 bits per heavy atom. The molecule has 5 nitrogen and oxygen atoms in total. The molecule has 1 aliphatic rings. The van der Waals surface area contributed by atoms with Gasteiger partial charge in [-0.3, -0.25) is 0 Å². The third-order valence-corrected chi connectivity index (χ3v) is 3.61. The lowest BCUT2D eigenvalue weighted by molar-refractivity contribution is 0.510. The maximum Gasteiger partial charge on any atom is 0.257 e. The lowest BCUT2D eigenvalue weighted by atomic mass is 10.1. The van der Waals surface area contributed by atoms with Gasteiger partial charge in [-0.25, -0.2) is 18.5 Å². The summed E-state index contributed by atoms with van der Waals surface area (Å²) in [6.45, 7) is 2.83. The summed E-state index contributed by atoms with van der Waals surface area (Å²) in [7, 11) is -3.67. The molecule has 0 aliphatic carbocycles. The quantitative estimate of drug-likeness (QED) is 0.798. The molecule has 6 heteroatoms. The van der Waals surface area contributed by atoms with Crippen LogP contribution in [0.1, 0.15) is 31.3 Å². The highest BCUT2D eigenvalue weighted by Gasteiger charge is 2.25. The van der Waals surface area contributed by atoms with Crippen molar-refractivity contribution in [1.29, 1.82) is 0 Å². The summed E-state index contributed by atoms with van der Waals surface area (Å²) < 4.78 is 24.7. The van der Waals surface area contributed by atoms with Crippen molar-refractivity contribution in [2.75, 3.05) is 0 Å². The first-order valence-corrected chi connectivity index (χ1v) is 6.69. The standard InChI is InChI=1S/C9H15N3O2S/c1-2-8-11-9(15(10,13)14)7-5-3-4-6-12(7)8/h2-6H2,1H3,(H2,10,13,14). The zero-order chi connectivity index (χ0) is 11.1. The van der Waals surface area contributed by atoms with E-state index in [1.807, 2.05) is 11.5 Å². The monoisotopic (exact) mass is 229 g/mol. The minimum absolute atomic E-state index is 0.0825. The van der Waals surface area contributed by atoms with E-state index in [9.17, 15) is 8.42 Å². The van der Waals surface area contributed by atoms with Crippen LogP contribution in [0.2, 0.25) is 0 Å². The van der Waals surface area contributed by atoms with Crippen LogP contribution in [-0.2, 0) is 29.4 Å². The Morgan fingerprint density at radius 1 is 1.47 bits per heavy atom. The van der Waals surface area contributed by atoms with Crippen LogP contribution in [-0.4, -0.2) is 18.0 Å². The van der Waals surface area contributed by atoms with E-state index in [0.29, 0.717) is 0 Å². The van der Waals surface area contributed by atoms with E-state index < -0.39 is 10.0 Å². The van der Waals surface area contributed by atoms with E-state index in [0.717, 1.165) is 43.7 Å². The van der Waals surface area contributed by atoms with Gasteiger partial charge in [0.05, 0.1) is 5.69 Å². The van der Waals surface area contributed by atoms with Gasteiger partial charge in [-0.05, 0) is 19.3 Å². The molecule has 0 saturated heterocycles. The van der Waals surface area contributed by atoms with E-state index in [2.05, 4.69) is 4.98 Å². The molecule has 15 heavy (non-hydrogen) atoms. The number of nitrogens with zero attached hydrogens (tertiary/aromatic N) is 2. The van der Waals surface area contributed by atoms with Crippen LogP contribution in [0.4, 0.5) is 0 Å². The summed E-state index contributed by atoms with van der Waals surface area (Å²) >= 11 is 0. The highest BCUT2D eigenvalue weighted by Crippen LogP contribution is 2.23. The lowest BCUT2D eigenvalue weighted by Crippen LogP contribution is -2.18. The first-order chi connectivity index (χ1) is 7.04. The van der Waals surface area contributed by atoms with Crippen LogP contribution in [0.15, 0.2) is 5.03 Å². The maximum atomic E-state index is 11.3. The second kappa shape index (κ2) is 3.61. The van der Waals surface area contributed by atoms with Gasteiger partial charge in [-0.1, -0.05) is 6.92 Å². The highest BCUT2D eigenvalue weighted by atomic mass is 32.2. The zero-order valence-corrected chi connectivity index (χ0v) is 9.55. The molecule has 1 aromatic heterocycles. The Hall–Kier alpha value is -0.880. The Labute approximate surface area is 89.4 Å². The van der Waals surface area contributed by atoms with E-state index >= 15 is 0 Å². The van der Waals surface area contributed by atoms with E-state index in [-0.39, 0.29) is 5.03 Å². The number of aromatic nitrogens is 2. The Kier molecular flexibility index (Phi) is 2.56. The molecule has 2 rings (SSSR count). The van der Waals surface area contributed by atoms with Gasteiger partial charge < -0.3 is 4.57 Å². The summed E-state index contributed by atoms with van der Waals surface area (Å²) in [5.74, 6) is 0.828. The summed E-state index contributed by atoms with van der Waals surface area (Å²) in [4.78, 5) is 4.13. The molecule has 0 atom stereocenters.